The molecule has 3 aromatic rings. The zero-order valence-electron chi connectivity index (χ0n) is 12.1. The third-order valence-corrected chi connectivity index (χ3v) is 3.68. The Morgan fingerprint density at radius 2 is 2.14 bits per heavy atom. The molecule has 0 fully saturated rings. The van der Waals surface area contributed by atoms with Crippen molar-refractivity contribution in [2.75, 3.05) is 12.8 Å². The molecule has 1 aromatic carbocycles. The number of aromatic amines is 1. The van der Waals surface area contributed by atoms with Gasteiger partial charge in [-0.05, 0) is 30.7 Å². The number of anilines is 1. The van der Waals surface area contributed by atoms with E-state index in [9.17, 15) is 9.18 Å². The molecule has 0 radical (unpaired) electrons. The lowest BCUT2D eigenvalue weighted by molar-refractivity contribution is 0.103. The molecule has 0 aliphatic carbocycles. The first-order valence-electron chi connectivity index (χ1n) is 6.64. The standard InChI is InChI=1S/C16H14FN3O2/c1-8-11(18)4-3-10(17)13(8)15(21)9-7-20-16-14(9)12(22-2)5-6-19-16/h3-7H,18H2,1-2H3,(H,19,20). The molecule has 6 heteroatoms. The van der Waals surface area contributed by atoms with Crippen molar-refractivity contribution in [2.45, 2.75) is 6.92 Å². The maximum absolute atomic E-state index is 14.1. The van der Waals surface area contributed by atoms with Gasteiger partial charge < -0.3 is 15.5 Å². The number of nitrogens with zero attached hydrogens (tertiary/aromatic N) is 1. The van der Waals surface area contributed by atoms with E-state index in [-0.39, 0.29) is 5.56 Å². The van der Waals surface area contributed by atoms with Gasteiger partial charge in [-0.3, -0.25) is 4.79 Å². The van der Waals surface area contributed by atoms with Crippen molar-refractivity contribution >= 4 is 22.5 Å². The summed E-state index contributed by atoms with van der Waals surface area (Å²) in [6.07, 6.45) is 3.07. The van der Waals surface area contributed by atoms with E-state index >= 15 is 0 Å². The number of nitrogen functional groups attached to an aromatic ring is 1. The smallest absolute Gasteiger partial charge is 0.198 e. The summed E-state index contributed by atoms with van der Waals surface area (Å²) in [5, 5.41) is 0.524. The molecule has 0 unspecified atom stereocenters. The number of H-pyrrole nitrogens is 1. The van der Waals surface area contributed by atoms with Crippen molar-refractivity contribution in [3.63, 3.8) is 0 Å². The van der Waals surface area contributed by atoms with Crippen LogP contribution in [0.15, 0.2) is 30.6 Å². The van der Waals surface area contributed by atoms with Gasteiger partial charge in [0.1, 0.15) is 17.2 Å². The summed E-state index contributed by atoms with van der Waals surface area (Å²) in [4.78, 5) is 19.8. The van der Waals surface area contributed by atoms with Gasteiger partial charge in [-0.25, -0.2) is 9.37 Å². The summed E-state index contributed by atoms with van der Waals surface area (Å²) in [5.74, 6) is -0.565. The van der Waals surface area contributed by atoms with Crippen molar-refractivity contribution < 1.29 is 13.9 Å². The maximum Gasteiger partial charge on any atom is 0.198 e. The van der Waals surface area contributed by atoms with E-state index in [1.807, 2.05) is 0 Å². The number of pyridine rings is 1. The Balaban J connectivity index is 2.25. The minimum absolute atomic E-state index is 0.0354. The van der Waals surface area contributed by atoms with Crippen LogP contribution in [0.3, 0.4) is 0 Å². The Morgan fingerprint density at radius 3 is 2.86 bits per heavy atom. The second-order valence-electron chi connectivity index (χ2n) is 4.90. The summed E-state index contributed by atoms with van der Waals surface area (Å²) >= 11 is 0. The second kappa shape index (κ2) is 5.14. The van der Waals surface area contributed by atoms with E-state index in [2.05, 4.69) is 9.97 Å². The quantitative estimate of drug-likeness (QED) is 0.575. The first-order chi connectivity index (χ1) is 10.5. The van der Waals surface area contributed by atoms with Crippen LogP contribution < -0.4 is 10.5 Å². The maximum atomic E-state index is 14.1. The van der Waals surface area contributed by atoms with Crippen LogP contribution in [0.25, 0.3) is 11.0 Å². The summed E-state index contributed by atoms with van der Waals surface area (Å²) in [7, 11) is 1.50. The fourth-order valence-corrected chi connectivity index (χ4v) is 2.48. The highest BCUT2D eigenvalue weighted by molar-refractivity contribution is 6.18. The molecule has 0 bridgehead atoms. The van der Waals surface area contributed by atoms with Crippen molar-refractivity contribution in [3.05, 3.63) is 53.1 Å². The highest BCUT2D eigenvalue weighted by Crippen LogP contribution is 2.30. The Labute approximate surface area is 125 Å². The van der Waals surface area contributed by atoms with Crippen LogP contribution in [0.1, 0.15) is 21.5 Å². The molecule has 0 atom stereocenters. The zero-order valence-corrected chi connectivity index (χ0v) is 12.1. The van der Waals surface area contributed by atoms with Crippen molar-refractivity contribution in [1.82, 2.24) is 9.97 Å². The molecule has 0 amide bonds. The minimum Gasteiger partial charge on any atom is -0.496 e. The number of hydrogen-bond acceptors (Lipinski definition) is 4. The molecule has 22 heavy (non-hydrogen) atoms. The lowest BCUT2D eigenvalue weighted by Gasteiger charge is -2.09. The SMILES string of the molecule is COc1ccnc2[nH]cc(C(=O)c3c(F)ccc(N)c3C)c12. The van der Waals surface area contributed by atoms with Gasteiger partial charge in [0.15, 0.2) is 5.78 Å². The van der Waals surface area contributed by atoms with E-state index in [0.29, 0.717) is 33.6 Å². The third-order valence-electron chi connectivity index (χ3n) is 3.68. The largest absolute Gasteiger partial charge is 0.496 e. The molecule has 3 N–H and O–H groups in total. The highest BCUT2D eigenvalue weighted by Gasteiger charge is 2.23. The monoisotopic (exact) mass is 299 g/mol. The Hall–Kier alpha value is -2.89. The third kappa shape index (κ3) is 2.00. The van der Waals surface area contributed by atoms with Gasteiger partial charge in [-0.2, -0.15) is 0 Å². The molecule has 2 heterocycles. The molecule has 0 saturated carbocycles. The number of ether oxygens (including phenoxy) is 1. The topological polar surface area (TPSA) is 81.0 Å². The molecular formula is C16H14FN3O2. The summed E-state index contributed by atoms with van der Waals surface area (Å²) in [6, 6.07) is 4.29. The fourth-order valence-electron chi connectivity index (χ4n) is 2.48. The number of rotatable bonds is 3. The fraction of sp³-hybridized carbons (Fsp3) is 0.125. The highest BCUT2D eigenvalue weighted by atomic mass is 19.1. The number of nitrogens with two attached hydrogens (primary N) is 1. The summed E-state index contributed by atoms with van der Waals surface area (Å²) in [5.41, 5.74) is 7.34. The van der Waals surface area contributed by atoms with E-state index < -0.39 is 11.6 Å². The van der Waals surface area contributed by atoms with Gasteiger partial charge in [-0.1, -0.05) is 0 Å². The molecule has 0 spiro atoms. The molecule has 2 aromatic heterocycles. The molecule has 5 nitrogen and oxygen atoms in total. The van der Waals surface area contributed by atoms with Gasteiger partial charge in [0.2, 0.25) is 0 Å². The normalized spacial score (nSPS) is 10.9. The number of benzene rings is 1. The number of halogens is 1. The number of hydrogen-bond donors (Lipinski definition) is 2. The van der Waals surface area contributed by atoms with Crippen LogP contribution in [0.4, 0.5) is 10.1 Å². The molecule has 0 aliphatic rings. The van der Waals surface area contributed by atoms with E-state index in [0.717, 1.165) is 0 Å². The average Bonchev–Trinajstić information content (AvgIpc) is 2.95. The van der Waals surface area contributed by atoms with Crippen molar-refractivity contribution in [1.29, 1.82) is 0 Å². The lowest BCUT2D eigenvalue weighted by atomic mass is 9.97. The molecular weight excluding hydrogens is 285 g/mol. The first-order valence-corrected chi connectivity index (χ1v) is 6.64. The lowest BCUT2D eigenvalue weighted by Crippen LogP contribution is -2.08. The van der Waals surface area contributed by atoms with Crippen LogP contribution in [0.5, 0.6) is 5.75 Å². The van der Waals surface area contributed by atoms with Gasteiger partial charge in [0.25, 0.3) is 0 Å². The Morgan fingerprint density at radius 1 is 1.36 bits per heavy atom. The zero-order chi connectivity index (χ0) is 15.9. The molecule has 0 saturated heterocycles. The van der Waals surface area contributed by atoms with Gasteiger partial charge >= 0.3 is 0 Å². The first kappa shape index (κ1) is 14.1. The summed E-state index contributed by atoms with van der Waals surface area (Å²) < 4.78 is 19.4. The molecule has 112 valence electrons. The van der Waals surface area contributed by atoms with Crippen molar-refractivity contribution in [2.24, 2.45) is 0 Å². The number of fused-ring (bicyclic) bond motifs is 1. The van der Waals surface area contributed by atoms with Crippen LogP contribution in [-0.4, -0.2) is 22.9 Å². The molecule has 0 aliphatic heterocycles. The predicted molar refractivity (Wildman–Crippen MR) is 81.6 cm³/mol. The van der Waals surface area contributed by atoms with E-state index in [4.69, 9.17) is 10.5 Å². The van der Waals surface area contributed by atoms with Crippen molar-refractivity contribution in [3.8, 4) is 5.75 Å². The number of carbonyl (C=O) groups excluding carboxylic acids is 1. The van der Waals surface area contributed by atoms with Crippen LogP contribution in [0.2, 0.25) is 0 Å². The summed E-state index contributed by atoms with van der Waals surface area (Å²) in [6.45, 7) is 1.62. The minimum atomic E-state index is -0.603. The number of methoxy groups -OCH3 is 1. The van der Waals surface area contributed by atoms with Crippen LogP contribution in [0, 0.1) is 12.7 Å². The van der Waals surface area contributed by atoms with E-state index in [1.165, 1.54) is 25.4 Å². The Bertz CT molecular complexity index is 886. The molecule has 3 rings (SSSR count). The van der Waals surface area contributed by atoms with Gasteiger partial charge in [0, 0.05) is 18.1 Å². The van der Waals surface area contributed by atoms with Crippen LogP contribution >= 0.6 is 0 Å². The second-order valence-corrected chi connectivity index (χ2v) is 4.90. The predicted octanol–water partition coefficient (Wildman–Crippen LogP) is 2.83. The van der Waals surface area contributed by atoms with E-state index in [1.54, 1.807) is 19.2 Å². The van der Waals surface area contributed by atoms with Gasteiger partial charge in [-0.15, -0.1) is 0 Å². The Kier molecular flexibility index (Phi) is 3.29. The number of carbonyl (C=O) groups is 1. The number of ketones is 1. The number of aromatic nitrogens is 2. The van der Waals surface area contributed by atoms with Crippen LogP contribution in [-0.2, 0) is 0 Å². The average molecular weight is 299 g/mol. The number of nitrogens with one attached hydrogen (secondary N) is 1. The van der Waals surface area contributed by atoms with Gasteiger partial charge in [0.05, 0.1) is 23.6 Å².